The van der Waals surface area contributed by atoms with Crippen LogP contribution in [-0.2, 0) is 0 Å². The number of halogens is 1. The van der Waals surface area contributed by atoms with E-state index in [1.54, 1.807) is 12.4 Å². The molecule has 0 bridgehead atoms. The smallest absolute Gasteiger partial charge is 0.222 e. The Morgan fingerprint density at radius 3 is 2.82 bits per heavy atom. The first-order valence-corrected chi connectivity index (χ1v) is 5.54. The maximum absolute atomic E-state index is 5.81. The molecule has 0 atom stereocenters. The fourth-order valence-electron chi connectivity index (χ4n) is 1.83. The number of pyridine rings is 1. The summed E-state index contributed by atoms with van der Waals surface area (Å²) >= 11 is 5.81. The van der Waals surface area contributed by atoms with Crippen molar-refractivity contribution >= 4 is 22.4 Å². The summed E-state index contributed by atoms with van der Waals surface area (Å²) in [5.74, 6) is 0. The highest BCUT2D eigenvalue weighted by molar-refractivity contribution is 6.28. The van der Waals surface area contributed by atoms with Crippen LogP contribution in [0.3, 0.4) is 0 Å². The maximum atomic E-state index is 5.81. The van der Waals surface area contributed by atoms with Crippen LogP contribution in [0.15, 0.2) is 48.9 Å². The van der Waals surface area contributed by atoms with Crippen LogP contribution in [0.2, 0.25) is 5.28 Å². The lowest BCUT2D eigenvalue weighted by atomic mass is 10.0. The van der Waals surface area contributed by atoms with Gasteiger partial charge in [-0.15, -0.1) is 0 Å². The van der Waals surface area contributed by atoms with Gasteiger partial charge in [0.1, 0.15) is 0 Å². The molecule has 0 saturated heterocycles. The monoisotopic (exact) mass is 241 g/mol. The largest absolute Gasteiger partial charge is 0.264 e. The summed E-state index contributed by atoms with van der Waals surface area (Å²) in [5, 5.41) is 2.45. The molecule has 0 amide bonds. The molecule has 3 nitrogen and oxygen atoms in total. The lowest BCUT2D eigenvalue weighted by Gasteiger charge is -2.05. The average molecular weight is 242 g/mol. The fraction of sp³-hybridized carbons (Fsp3) is 0. The molecule has 0 aliphatic rings. The van der Waals surface area contributed by atoms with Crippen molar-refractivity contribution in [2.75, 3.05) is 0 Å². The zero-order chi connectivity index (χ0) is 11.7. The highest BCUT2D eigenvalue weighted by atomic mass is 35.5. The van der Waals surface area contributed by atoms with Gasteiger partial charge in [-0.1, -0.05) is 18.2 Å². The molecule has 0 fully saturated rings. The van der Waals surface area contributed by atoms with Gasteiger partial charge >= 0.3 is 0 Å². The molecule has 0 aliphatic heterocycles. The Balaban J connectivity index is 2.30. The minimum absolute atomic E-state index is 0.258. The van der Waals surface area contributed by atoms with Crippen molar-refractivity contribution in [3.8, 4) is 11.3 Å². The molecule has 0 aliphatic carbocycles. The Morgan fingerprint density at radius 2 is 1.94 bits per heavy atom. The van der Waals surface area contributed by atoms with Crippen LogP contribution >= 0.6 is 11.6 Å². The zero-order valence-electron chi connectivity index (χ0n) is 8.84. The molecule has 0 saturated carbocycles. The predicted octanol–water partition coefficient (Wildman–Crippen LogP) is 3.35. The quantitative estimate of drug-likeness (QED) is 0.614. The molecule has 0 radical (unpaired) electrons. The maximum Gasteiger partial charge on any atom is 0.222 e. The summed E-state index contributed by atoms with van der Waals surface area (Å²) in [6.45, 7) is 0. The van der Waals surface area contributed by atoms with Gasteiger partial charge in [-0.3, -0.25) is 4.98 Å². The molecule has 0 unspecified atom stereocenters. The molecule has 2 aromatic heterocycles. The van der Waals surface area contributed by atoms with Crippen molar-refractivity contribution in [2.24, 2.45) is 0 Å². The van der Waals surface area contributed by atoms with Gasteiger partial charge in [0.2, 0.25) is 5.28 Å². The molecule has 4 heteroatoms. The molecule has 1 aromatic carbocycles. The zero-order valence-corrected chi connectivity index (χ0v) is 9.59. The Morgan fingerprint density at radius 1 is 1.00 bits per heavy atom. The van der Waals surface area contributed by atoms with Crippen LogP contribution in [-0.4, -0.2) is 15.0 Å². The van der Waals surface area contributed by atoms with Crippen molar-refractivity contribution in [3.05, 3.63) is 54.2 Å². The van der Waals surface area contributed by atoms with Crippen molar-refractivity contribution in [1.82, 2.24) is 15.0 Å². The molecule has 0 spiro atoms. The number of aromatic nitrogens is 3. The van der Waals surface area contributed by atoms with Crippen LogP contribution in [0.1, 0.15) is 0 Å². The Bertz CT molecular complexity index is 677. The van der Waals surface area contributed by atoms with Crippen LogP contribution in [0.5, 0.6) is 0 Å². The normalized spacial score (nSPS) is 10.6. The highest BCUT2D eigenvalue weighted by Gasteiger charge is 2.05. The topological polar surface area (TPSA) is 38.7 Å². The van der Waals surface area contributed by atoms with Gasteiger partial charge in [-0.2, -0.15) is 0 Å². The van der Waals surface area contributed by atoms with Crippen LogP contribution < -0.4 is 0 Å². The number of nitrogens with zero attached hydrogens (tertiary/aromatic N) is 3. The Labute approximate surface area is 103 Å². The third-order valence-corrected chi connectivity index (χ3v) is 2.76. The number of benzene rings is 1. The van der Waals surface area contributed by atoms with Gasteiger partial charge in [0.05, 0.1) is 5.69 Å². The minimum Gasteiger partial charge on any atom is -0.264 e. The van der Waals surface area contributed by atoms with Crippen molar-refractivity contribution in [1.29, 1.82) is 0 Å². The SMILES string of the molecule is Clc1nccc(-c2cccc3cnccc23)n1. The second kappa shape index (κ2) is 4.11. The molecular weight excluding hydrogens is 234 g/mol. The van der Waals surface area contributed by atoms with E-state index in [0.717, 1.165) is 22.0 Å². The van der Waals surface area contributed by atoms with E-state index in [4.69, 9.17) is 11.6 Å². The molecule has 17 heavy (non-hydrogen) atoms. The van der Waals surface area contributed by atoms with E-state index in [9.17, 15) is 0 Å². The Kier molecular flexibility index (Phi) is 2.46. The molecule has 3 rings (SSSR count). The van der Waals surface area contributed by atoms with E-state index < -0.39 is 0 Å². The fourth-order valence-corrected chi connectivity index (χ4v) is 1.98. The van der Waals surface area contributed by atoms with Crippen LogP contribution in [0.4, 0.5) is 0 Å². The van der Waals surface area contributed by atoms with E-state index in [1.165, 1.54) is 0 Å². The van der Waals surface area contributed by atoms with Crippen molar-refractivity contribution in [3.63, 3.8) is 0 Å². The number of rotatable bonds is 1. The third kappa shape index (κ3) is 1.85. The summed E-state index contributed by atoms with van der Waals surface area (Å²) in [5.41, 5.74) is 1.86. The van der Waals surface area contributed by atoms with Gasteiger partial charge in [0.15, 0.2) is 0 Å². The van der Waals surface area contributed by atoms with E-state index in [0.29, 0.717) is 0 Å². The summed E-state index contributed by atoms with van der Waals surface area (Å²) in [6.07, 6.45) is 5.26. The standard InChI is InChI=1S/C13H8ClN3/c14-13-16-7-5-12(17-13)11-3-1-2-9-8-15-6-4-10(9)11/h1-8H. The molecule has 2 heterocycles. The summed E-state index contributed by atoms with van der Waals surface area (Å²) < 4.78 is 0. The lowest BCUT2D eigenvalue weighted by molar-refractivity contribution is 1.17. The minimum atomic E-state index is 0.258. The van der Waals surface area contributed by atoms with E-state index in [1.807, 2.05) is 36.5 Å². The van der Waals surface area contributed by atoms with E-state index in [2.05, 4.69) is 15.0 Å². The molecule has 3 aromatic rings. The number of hydrogen-bond donors (Lipinski definition) is 0. The molecule has 0 N–H and O–H groups in total. The summed E-state index contributed by atoms with van der Waals surface area (Å²) in [6, 6.07) is 9.84. The average Bonchev–Trinajstić information content (AvgIpc) is 2.38. The van der Waals surface area contributed by atoms with Crippen LogP contribution in [0.25, 0.3) is 22.0 Å². The summed E-state index contributed by atoms with van der Waals surface area (Å²) in [7, 11) is 0. The van der Waals surface area contributed by atoms with Gasteiger partial charge in [0.25, 0.3) is 0 Å². The summed E-state index contributed by atoms with van der Waals surface area (Å²) in [4.78, 5) is 12.2. The first kappa shape index (κ1) is 10.2. The van der Waals surface area contributed by atoms with Gasteiger partial charge in [-0.25, -0.2) is 9.97 Å². The first-order chi connectivity index (χ1) is 8.34. The van der Waals surface area contributed by atoms with Crippen molar-refractivity contribution < 1.29 is 0 Å². The molecular formula is C13H8ClN3. The van der Waals surface area contributed by atoms with Crippen molar-refractivity contribution in [2.45, 2.75) is 0 Å². The highest BCUT2D eigenvalue weighted by Crippen LogP contribution is 2.26. The van der Waals surface area contributed by atoms with E-state index in [-0.39, 0.29) is 5.28 Å². The van der Waals surface area contributed by atoms with Gasteiger partial charge in [0, 0.05) is 29.5 Å². The first-order valence-electron chi connectivity index (χ1n) is 5.16. The number of hydrogen-bond acceptors (Lipinski definition) is 3. The third-order valence-electron chi connectivity index (χ3n) is 2.58. The lowest BCUT2D eigenvalue weighted by Crippen LogP contribution is -1.88. The second-order valence-corrected chi connectivity index (χ2v) is 3.95. The molecule has 82 valence electrons. The van der Waals surface area contributed by atoms with Crippen LogP contribution in [0, 0.1) is 0 Å². The number of fused-ring (bicyclic) bond motifs is 1. The second-order valence-electron chi connectivity index (χ2n) is 3.61. The van der Waals surface area contributed by atoms with E-state index >= 15 is 0 Å². The predicted molar refractivity (Wildman–Crippen MR) is 67.8 cm³/mol. The van der Waals surface area contributed by atoms with Gasteiger partial charge in [-0.05, 0) is 29.1 Å². The van der Waals surface area contributed by atoms with Gasteiger partial charge < -0.3 is 0 Å². The Hall–Kier alpha value is -2.00.